The summed E-state index contributed by atoms with van der Waals surface area (Å²) in [6.07, 6.45) is 0.753. The quantitative estimate of drug-likeness (QED) is 0.764. The molecular formula is C12H20N2O2. The molecule has 0 spiro atoms. The molecule has 0 aromatic carbocycles. The standard InChI is InChI=1S/C12H20N2O2/c1-9(4-5-15)13-8-11-7-12(16-3)6-10(2)14-11/h6-7,9,13,15H,4-5,8H2,1-3H3. The van der Waals surface area contributed by atoms with Gasteiger partial charge < -0.3 is 15.2 Å². The van der Waals surface area contributed by atoms with Gasteiger partial charge in [-0.2, -0.15) is 0 Å². The van der Waals surface area contributed by atoms with Crippen LogP contribution < -0.4 is 10.1 Å². The van der Waals surface area contributed by atoms with Crippen LogP contribution in [0.4, 0.5) is 0 Å². The van der Waals surface area contributed by atoms with Gasteiger partial charge in [-0.1, -0.05) is 0 Å². The van der Waals surface area contributed by atoms with Crippen LogP contribution in [0.25, 0.3) is 0 Å². The molecule has 0 bridgehead atoms. The van der Waals surface area contributed by atoms with Crippen LogP contribution in [0.1, 0.15) is 24.7 Å². The number of pyridine rings is 1. The van der Waals surface area contributed by atoms with Crippen molar-refractivity contribution in [3.05, 3.63) is 23.5 Å². The van der Waals surface area contributed by atoms with Crippen molar-refractivity contribution in [1.29, 1.82) is 0 Å². The van der Waals surface area contributed by atoms with Crippen LogP contribution >= 0.6 is 0 Å². The first-order chi connectivity index (χ1) is 7.65. The third-order valence-electron chi connectivity index (χ3n) is 2.41. The van der Waals surface area contributed by atoms with Crippen molar-refractivity contribution in [2.75, 3.05) is 13.7 Å². The Morgan fingerprint density at radius 1 is 1.50 bits per heavy atom. The van der Waals surface area contributed by atoms with Crippen molar-refractivity contribution < 1.29 is 9.84 Å². The number of hydrogen-bond acceptors (Lipinski definition) is 4. The first-order valence-electron chi connectivity index (χ1n) is 5.51. The van der Waals surface area contributed by atoms with E-state index >= 15 is 0 Å². The van der Waals surface area contributed by atoms with Gasteiger partial charge in [0, 0.05) is 37.0 Å². The first kappa shape index (κ1) is 12.9. The van der Waals surface area contributed by atoms with Crippen LogP contribution in [0, 0.1) is 6.92 Å². The van der Waals surface area contributed by atoms with Crippen LogP contribution in [0.3, 0.4) is 0 Å². The molecule has 1 heterocycles. The zero-order valence-corrected chi connectivity index (χ0v) is 10.2. The topological polar surface area (TPSA) is 54.4 Å². The lowest BCUT2D eigenvalue weighted by molar-refractivity contribution is 0.268. The van der Waals surface area contributed by atoms with Crippen LogP contribution in [0.2, 0.25) is 0 Å². The van der Waals surface area contributed by atoms with E-state index in [4.69, 9.17) is 9.84 Å². The van der Waals surface area contributed by atoms with E-state index in [2.05, 4.69) is 10.3 Å². The van der Waals surface area contributed by atoms with Crippen LogP contribution in [-0.2, 0) is 6.54 Å². The van der Waals surface area contributed by atoms with Gasteiger partial charge in [0.15, 0.2) is 0 Å². The SMILES string of the molecule is COc1cc(C)nc(CNC(C)CCO)c1. The minimum Gasteiger partial charge on any atom is -0.497 e. The van der Waals surface area contributed by atoms with Gasteiger partial charge in [0.25, 0.3) is 0 Å². The molecule has 1 aromatic heterocycles. The Hall–Kier alpha value is -1.13. The Balaban J connectivity index is 2.56. The van der Waals surface area contributed by atoms with E-state index in [0.717, 1.165) is 23.6 Å². The maximum Gasteiger partial charge on any atom is 0.122 e. The molecule has 1 aromatic rings. The summed E-state index contributed by atoms with van der Waals surface area (Å²) in [5.74, 6) is 0.833. The second-order valence-electron chi connectivity index (χ2n) is 3.93. The van der Waals surface area contributed by atoms with Gasteiger partial charge in [-0.15, -0.1) is 0 Å². The van der Waals surface area contributed by atoms with Crippen molar-refractivity contribution in [1.82, 2.24) is 10.3 Å². The number of rotatable bonds is 6. The van der Waals surface area contributed by atoms with E-state index in [1.807, 2.05) is 26.0 Å². The number of hydrogen-bond donors (Lipinski definition) is 2. The summed E-state index contributed by atoms with van der Waals surface area (Å²) in [6.45, 7) is 4.89. The highest BCUT2D eigenvalue weighted by atomic mass is 16.5. The predicted octanol–water partition coefficient (Wildman–Crippen LogP) is 1.26. The summed E-state index contributed by atoms with van der Waals surface area (Å²) >= 11 is 0. The number of methoxy groups -OCH3 is 1. The molecule has 0 fully saturated rings. The minimum absolute atomic E-state index is 0.207. The smallest absolute Gasteiger partial charge is 0.122 e. The number of nitrogens with one attached hydrogen (secondary N) is 1. The first-order valence-corrected chi connectivity index (χ1v) is 5.51. The zero-order valence-electron chi connectivity index (χ0n) is 10.2. The summed E-state index contributed by atoms with van der Waals surface area (Å²) < 4.78 is 5.18. The van der Waals surface area contributed by atoms with Gasteiger partial charge in [-0.25, -0.2) is 0 Å². The fourth-order valence-electron chi connectivity index (χ4n) is 1.49. The highest BCUT2D eigenvalue weighted by molar-refractivity contribution is 5.26. The Bertz CT molecular complexity index is 329. The molecule has 4 nitrogen and oxygen atoms in total. The number of aliphatic hydroxyl groups excluding tert-OH is 1. The van der Waals surface area contributed by atoms with Crippen LogP contribution in [0.5, 0.6) is 5.75 Å². The average molecular weight is 224 g/mol. The largest absolute Gasteiger partial charge is 0.497 e. The van der Waals surface area contributed by atoms with E-state index in [1.165, 1.54) is 0 Å². The number of ether oxygens (including phenoxy) is 1. The van der Waals surface area contributed by atoms with Gasteiger partial charge in [0.1, 0.15) is 5.75 Å². The third kappa shape index (κ3) is 4.16. The molecule has 0 radical (unpaired) electrons. The molecule has 2 N–H and O–H groups in total. The fourth-order valence-corrected chi connectivity index (χ4v) is 1.49. The normalized spacial score (nSPS) is 12.5. The number of nitrogens with zero attached hydrogens (tertiary/aromatic N) is 1. The predicted molar refractivity (Wildman–Crippen MR) is 63.5 cm³/mol. The Labute approximate surface area is 96.7 Å². The third-order valence-corrected chi connectivity index (χ3v) is 2.41. The number of aromatic nitrogens is 1. The van der Waals surface area contributed by atoms with Gasteiger partial charge in [-0.3, -0.25) is 4.98 Å². The maximum atomic E-state index is 8.78. The average Bonchev–Trinajstić information content (AvgIpc) is 2.26. The molecule has 0 amide bonds. The van der Waals surface area contributed by atoms with E-state index in [-0.39, 0.29) is 6.61 Å². The fraction of sp³-hybridized carbons (Fsp3) is 0.583. The van der Waals surface area contributed by atoms with Gasteiger partial charge >= 0.3 is 0 Å². The molecule has 16 heavy (non-hydrogen) atoms. The van der Waals surface area contributed by atoms with Crippen molar-refractivity contribution in [2.45, 2.75) is 32.9 Å². The van der Waals surface area contributed by atoms with E-state index < -0.39 is 0 Å². The molecule has 0 aliphatic rings. The van der Waals surface area contributed by atoms with Crippen LogP contribution in [0.15, 0.2) is 12.1 Å². The van der Waals surface area contributed by atoms with E-state index in [0.29, 0.717) is 12.6 Å². The molecule has 1 atom stereocenters. The van der Waals surface area contributed by atoms with Crippen LogP contribution in [-0.4, -0.2) is 29.8 Å². The lowest BCUT2D eigenvalue weighted by Gasteiger charge is -2.12. The second-order valence-corrected chi connectivity index (χ2v) is 3.93. The summed E-state index contributed by atoms with van der Waals surface area (Å²) in [6, 6.07) is 4.12. The van der Waals surface area contributed by atoms with Gasteiger partial charge in [0.05, 0.1) is 12.8 Å². The molecule has 0 saturated heterocycles. The van der Waals surface area contributed by atoms with Crippen molar-refractivity contribution in [3.8, 4) is 5.75 Å². The molecule has 1 rings (SSSR count). The Morgan fingerprint density at radius 2 is 2.25 bits per heavy atom. The second kappa shape index (κ2) is 6.45. The van der Waals surface area contributed by atoms with Gasteiger partial charge in [-0.05, 0) is 20.3 Å². The minimum atomic E-state index is 0.207. The number of aryl methyl sites for hydroxylation is 1. The molecule has 90 valence electrons. The molecule has 1 unspecified atom stereocenters. The summed E-state index contributed by atoms with van der Waals surface area (Å²) in [5.41, 5.74) is 1.91. The van der Waals surface area contributed by atoms with Crippen molar-refractivity contribution in [2.24, 2.45) is 0 Å². The van der Waals surface area contributed by atoms with Gasteiger partial charge in [0.2, 0.25) is 0 Å². The summed E-state index contributed by atoms with van der Waals surface area (Å²) in [7, 11) is 1.65. The lowest BCUT2D eigenvalue weighted by Crippen LogP contribution is -2.26. The monoisotopic (exact) mass is 224 g/mol. The Morgan fingerprint density at radius 3 is 2.88 bits per heavy atom. The summed E-state index contributed by atoms with van der Waals surface area (Å²) in [4.78, 5) is 4.41. The zero-order chi connectivity index (χ0) is 12.0. The van der Waals surface area contributed by atoms with Crippen molar-refractivity contribution in [3.63, 3.8) is 0 Å². The number of aliphatic hydroxyl groups is 1. The molecule has 0 saturated carbocycles. The molecular weight excluding hydrogens is 204 g/mol. The molecule has 0 aliphatic heterocycles. The molecule has 0 aliphatic carbocycles. The van der Waals surface area contributed by atoms with E-state index in [9.17, 15) is 0 Å². The highest BCUT2D eigenvalue weighted by Gasteiger charge is 2.03. The summed E-state index contributed by atoms with van der Waals surface area (Å²) in [5, 5.41) is 12.1. The maximum absolute atomic E-state index is 8.78. The highest BCUT2D eigenvalue weighted by Crippen LogP contribution is 2.13. The van der Waals surface area contributed by atoms with Crippen molar-refractivity contribution >= 4 is 0 Å². The van der Waals surface area contributed by atoms with E-state index in [1.54, 1.807) is 7.11 Å². The molecule has 4 heteroatoms. The Kier molecular flexibility index (Phi) is 5.22. The lowest BCUT2D eigenvalue weighted by atomic mass is 10.2.